The standard InChI is InChI=1S/C67H46N2/c1-5-21-47(22-6-1)49-24-20-32-55(44-49)68(56-40-42-59-58-34-13-16-36-62(58)67(63(59)46-56,52-26-7-2-8-27-52)53-28-9-3-10-29-53)64-37-17-14-33-57(64)51-25-19-23-48(43-51)50-39-41-61-60-35-15-18-38-65(60)69(66(61)45-50)54-30-11-4-12-31-54/h1-46H. The largest absolute Gasteiger partial charge is 0.310 e. The third-order valence-electron chi connectivity index (χ3n) is 14.3. The minimum Gasteiger partial charge on any atom is -0.310 e. The van der Waals surface area contributed by atoms with Crippen molar-refractivity contribution < 1.29 is 0 Å². The van der Waals surface area contributed by atoms with Crippen molar-refractivity contribution in [2.75, 3.05) is 4.90 Å². The Balaban J connectivity index is 1.01. The van der Waals surface area contributed by atoms with Gasteiger partial charge < -0.3 is 9.47 Å². The van der Waals surface area contributed by atoms with Gasteiger partial charge in [-0.05, 0) is 122 Å². The zero-order valence-electron chi connectivity index (χ0n) is 38.0. The molecule has 0 amide bonds. The van der Waals surface area contributed by atoms with Crippen LogP contribution in [0.2, 0.25) is 0 Å². The fourth-order valence-electron chi connectivity index (χ4n) is 11.2. The number of hydrogen-bond acceptors (Lipinski definition) is 1. The summed E-state index contributed by atoms with van der Waals surface area (Å²) in [7, 11) is 0. The number of para-hydroxylation sites is 3. The van der Waals surface area contributed by atoms with Crippen LogP contribution in [0.15, 0.2) is 279 Å². The van der Waals surface area contributed by atoms with Crippen LogP contribution >= 0.6 is 0 Å². The van der Waals surface area contributed by atoms with E-state index >= 15 is 0 Å². The first-order chi connectivity index (χ1) is 34.2. The summed E-state index contributed by atoms with van der Waals surface area (Å²) in [5.74, 6) is 0. The Morgan fingerprint density at radius 3 is 1.59 bits per heavy atom. The lowest BCUT2D eigenvalue weighted by molar-refractivity contribution is 0.768. The second-order valence-corrected chi connectivity index (χ2v) is 18.0. The van der Waals surface area contributed by atoms with Crippen molar-refractivity contribution in [1.29, 1.82) is 0 Å². The maximum atomic E-state index is 2.48. The lowest BCUT2D eigenvalue weighted by Gasteiger charge is -2.35. The Bertz CT molecular complexity index is 3790. The topological polar surface area (TPSA) is 8.17 Å². The maximum Gasteiger partial charge on any atom is 0.0714 e. The predicted molar refractivity (Wildman–Crippen MR) is 289 cm³/mol. The van der Waals surface area contributed by atoms with Crippen molar-refractivity contribution in [2.45, 2.75) is 5.41 Å². The second kappa shape index (κ2) is 16.7. The molecule has 1 heterocycles. The molecule has 2 heteroatoms. The lowest BCUT2D eigenvalue weighted by atomic mass is 9.67. The summed E-state index contributed by atoms with van der Waals surface area (Å²) >= 11 is 0. The van der Waals surface area contributed by atoms with Crippen molar-refractivity contribution in [1.82, 2.24) is 4.57 Å². The Hall–Kier alpha value is -8.98. The Morgan fingerprint density at radius 1 is 0.290 bits per heavy atom. The first kappa shape index (κ1) is 40.3. The van der Waals surface area contributed by atoms with Crippen LogP contribution in [0.1, 0.15) is 22.3 Å². The molecule has 13 rings (SSSR count). The molecule has 2 nitrogen and oxygen atoms in total. The molecule has 0 fully saturated rings. The van der Waals surface area contributed by atoms with E-state index in [4.69, 9.17) is 0 Å². The molecule has 0 bridgehead atoms. The van der Waals surface area contributed by atoms with Crippen LogP contribution in [0, 0.1) is 0 Å². The summed E-state index contributed by atoms with van der Waals surface area (Å²) in [6.07, 6.45) is 0. The highest BCUT2D eigenvalue weighted by Gasteiger charge is 2.46. The first-order valence-electron chi connectivity index (χ1n) is 23.8. The van der Waals surface area contributed by atoms with E-state index in [1.807, 2.05) is 0 Å². The van der Waals surface area contributed by atoms with Crippen molar-refractivity contribution in [3.63, 3.8) is 0 Å². The smallest absolute Gasteiger partial charge is 0.0714 e. The number of anilines is 3. The SMILES string of the molecule is c1ccc(-c2cccc(N(c3ccc4c(c3)C(c3ccccc3)(c3ccccc3)c3ccccc3-4)c3ccccc3-c3cccc(-c4ccc5c6ccccc6n(-c6ccccc6)c5c4)c3)c2)cc1. The Labute approximate surface area is 403 Å². The maximum absolute atomic E-state index is 2.48. The van der Waals surface area contributed by atoms with Crippen LogP contribution in [-0.2, 0) is 5.41 Å². The Morgan fingerprint density at radius 2 is 0.826 bits per heavy atom. The number of benzene rings is 11. The average Bonchev–Trinajstić information content (AvgIpc) is 3.92. The molecule has 1 aliphatic rings. The van der Waals surface area contributed by atoms with Gasteiger partial charge in [0.2, 0.25) is 0 Å². The predicted octanol–water partition coefficient (Wildman–Crippen LogP) is 17.6. The van der Waals surface area contributed by atoms with Crippen molar-refractivity contribution in [2.24, 2.45) is 0 Å². The minimum atomic E-state index is -0.539. The van der Waals surface area contributed by atoms with E-state index in [0.29, 0.717) is 0 Å². The second-order valence-electron chi connectivity index (χ2n) is 18.0. The summed E-state index contributed by atoms with van der Waals surface area (Å²) in [5, 5.41) is 2.50. The van der Waals surface area contributed by atoms with Crippen molar-refractivity contribution in [3.05, 3.63) is 301 Å². The number of rotatable bonds is 9. The molecule has 0 aliphatic heterocycles. The number of fused-ring (bicyclic) bond motifs is 6. The zero-order chi connectivity index (χ0) is 45.7. The van der Waals surface area contributed by atoms with E-state index in [2.05, 4.69) is 289 Å². The number of hydrogen-bond donors (Lipinski definition) is 0. The van der Waals surface area contributed by atoms with Crippen LogP contribution in [0.3, 0.4) is 0 Å². The highest BCUT2D eigenvalue weighted by molar-refractivity contribution is 6.10. The number of nitrogens with zero attached hydrogens (tertiary/aromatic N) is 2. The van der Waals surface area contributed by atoms with E-state index in [1.54, 1.807) is 0 Å². The molecule has 1 aliphatic carbocycles. The van der Waals surface area contributed by atoms with Gasteiger partial charge in [-0.25, -0.2) is 0 Å². The first-order valence-corrected chi connectivity index (χ1v) is 23.8. The van der Waals surface area contributed by atoms with E-state index in [-0.39, 0.29) is 0 Å². The molecule has 0 radical (unpaired) electrons. The Kier molecular flexibility index (Phi) is 9.77. The van der Waals surface area contributed by atoms with Crippen LogP contribution < -0.4 is 4.90 Å². The van der Waals surface area contributed by atoms with Gasteiger partial charge in [0.1, 0.15) is 0 Å². The van der Waals surface area contributed by atoms with Crippen molar-refractivity contribution >= 4 is 38.9 Å². The highest BCUT2D eigenvalue weighted by atomic mass is 15.1. The van der Waals surface area contributed by atoms with E-state index in [0.717, 1.165) is 45.0 Å². The fraction of sp³-hybridized carbons (Fsp3) is 0.0149. The van der Waals surface area contributed by atoms with Crippen LogP contribution in [0.25, 0.3) is 72.0 Å². The van der Waals surface area contributed by atoms with E-state index < -0.39 is 5.41 Å². The molecule has 0 spiro atoms. The molecule has 11 aromatic carbocycles. The fourth-order valence-corrected chi connectivity index (χ4v) is 11.2. The molecule has 0 saturated heterocycles. The summed E-state index contributed by atoms with van der Waals surface area (Å²) in [4.78, 5) is 2.48. The number of aromatic nitrogens is 1. The highest BCUT2D eigenvalue weighted by Crippen LogP contribution is 2.57. The molecule has 69 heavy (non-hydrogen) atoms. The van der Waals surface area contributed by atoms with Crippen molar-refractivity contribution in [3.8, 4) is 50.2 Å². The molecule has 324 valence electrons. The van der Waals surface area contributed by atoms with Gasteiger partial charge in [-0.1, -0.05) is 218 Å². The van der Waals surface area contributed by atoms with Crippen LogP contribution in [-0.4, -0.2) is 4.57 Å². The third-order valence-corrected chi connectivity index (χ3v) is 14.3. The molecule has 1 aromatic heterocycles. The summed E-state index contributed by atoms with van der Waals surface area (Å²) in [6.45, 7) is 0. The molecule has 0 unspecified atom stereocenters. The van der Waals surface area contributed by atoms with Gasteiger partial charge in [-0.2, -0.15) is 0 Å². The lowest BCUT2D eigenvalue weighted by Crippen LogP contribution is -2.28. The molecule has 12 aromatic rings. The zero-order valence-corrected chi connectivity index (χ0v) is 38.0. The van der Waals surface area contributed by atoms with Gasteiger partial charge in [0.15, 0.2) is 0 Å². The summed E-state index contributed by atoms with van der Waals surface area (Å²) < 4.78 is 2.40. The molecular formula is C67H46N2. The van der Waals surface area contributed by atoms with E-state index in [1.165, 1.54) is 66.3 Å². The van der Waals surface area contributed by atoms with Gasteiger partial charge in [0, 0.05) is 33.4 Å². The molecule has 0 N–H and O–H groups in total. The monoisotopic (exact) mass is 878 g/mol. The molecule has 0 saturated carbocycles. The molecular weight excluding hydrogens is 833 g/mol. The van der Waals surface area contributed by atoms with Crippen LogP contribution in [0.5, 0.6) is 0 Å². The molecule has 0 atom stereocenters. The third kappa shape index (κ3) is 6.64. The minimum absolute atomic E-state index is 0.539. The van der Waals surface area contributed by atoms with Gasteiger partial charge >= 0.3 is 0 Å². The van der Waals surface area contributed by atoms with Gasteiger partial charge in [-0.3, -0.25) is 0 Å². The quantitative estimate of drug-likeness (QED) is 0.140. The van der Waals surface area contributed by atoms with Gasteiger partial charge in [0.25, 0.3) is 0 Å². The average molecular weight is 879 g/mol. The van der Waals surface area contributed by atoms with Gasteiger partial charge in [-0.15, -0.1) is 0 Å². The normalized spacial score (nSPS) is 12.5. The summed E-state index contributed by atoms with van der Waals surface area (Å²) in [6, 6.07) is 102. The van der Waals surface area contributed by atoms with E-state index in [9.17, 15) is 0 Å². The summed E-state index contributed by atoms with van der Waals surface area (Å²) in [5.41, 5.74) is 20.8. The van der Waals surface area contributed by atoms with Gasteiger partial charge in [0.05, 0.1) is 22.1 Å². The van der Waals surface area contributed by atoms with Crippen LogP contribution in [0.4, 0.5) is 17.1 Å².